The van der Waals surface area contributed by atoms with E-state index in [0.29, 0.717) is 0 Å². The second kappa shape index (κ2) is 5.06. The highest BCUT2D eigenvalue weighted by atomic mass is 32.2. The van der Waals surface area contributed by atoms with Crippen molar-refractivity contribution >= 4 is 17.1 Å². The number of hydrogen-bond acceptors (Lipinski definition) is 3. The molecule has 3 heteroatoms. The Morgan fingerprint density at radius 2 is 1.64 bits per heavy atom. The minimum Gasteiger partial charge on any atom is -0.452 e. The fourth-order valence-corrected chi connectivity index (χ4v) is 1.48. The molecule has 0 spiro atoms. The third-order valence-electron chi connectivity index (χ3n) is 2.42. The molecule has 14 heavy (non-hydrogen) atoms. The average Bonchev–Trinajstić information content (AvgIpc) is 2.02. The van der Waals surface area contributed by atoms with Gasteiger partial charge in [0.2, 0.25) is 0 Å². The second-order valence-electron chi connectivity index (χ2n) is 4.68. The van der Waals surface area contributed by atoms with Crippen LogP contribution < -0.4 is 0 Å². The quantitative estimate of drug-likeness (QED) is 0.660. The van der Waals surface area contributed by atoms with Gasteiger partial charge in [0.25, 0.3) is 0 Å². The van der Waals surface area contributed by atoms with Crippen LogP contribution in [0, 0.1) is 0 Å². The van der Waals surface area contributed by atoms with Crippen molar-refractivity contribution in [3.8, 4) is 0 Å². The van der Waals surface area contributed by atoms with Gasteiger partial charge in [0, 0.05) is 4.75 Å². The standard InChI is InChI=1S/C11H22O2S/c1-7-10(3,4)13-9(12)14-11(5,6)8-2/h7-8H2,1-6H3. The van der Waals surface area contributed by atoms with Crippen LogP contribution in [-0.2, 0) is 4.74 Å². The summed E-state index contributed by atoms with van der Waals surface area (Å²) >= 11 is 1.28. The summed E-state index contributed by atoms with van der Waals surface area (Å²) in [5.74, 6) is 0. The summed E-state index contributed by atoms with van der Waals surface area (Å²) in [6, 6.07) is 0. The Morgan fingerprint density at radius 1 is 1.14 bits per heavy atom. The molecular formula is C11H22O2S. The molecule has 2 nitrogen and oxygen atoms in total. The van der Waals surface area contributed by atoms with Crippen molar-refractivity contribution in [1.82, 2.24) is 0 Å². The fourth-order valence-electron chi connectivity index (χ4n) is 0.616. The van der Waals surface area contributed by atoms with Crippen molar-refractivity contribution in [2.75, 3.05) is 0 Å². The molecule has 0 aromatic rings. The van der Waals surface area contributed by atoms with Gasteiger partial charge in [-0.3, -0.25) is 0 Å². The summed E-state index contributed by atoms with van der Waals surface area (Å²) in [4.78, 5) is 11.5. The summed E-state index contributed by atoms with van der Waals surface area (Å²) in [5, 5.41) is -0.163. The number of carbonyl (C=O) groups is 1. The van der Waals surface area contributed by atoms with Crippen molar-refractivity contribution in [3.05, 3.63) is 0 Å². The minimum absolute atomic E-state index is 0.0269. The number of thioether (sulfide) groups is 1. The Hall–Kier alpha value is -0.180. The first-order valence-electron chi connectivity index (χ1n) is 5.14. The van der Waals surface area contributed by atoms with Gasteiger partial charge in [-0.25, -0.2) is 4.79 Å². The average molecular weight is 218 g/mol. The number of carbonyl (C=O) groups excluding carboxylic acids is 1. The van der Waals surface area contributed by atoms with Crippen LogP contribution >= 0.6 is 11.8 Å². The van der Waals surface area contributed by atoms with Crippen LogP contribution in [-0.4, -0.2) is 15.6 Å². The van der Waals surface area contributed by atoms with Gasteiger partial charge >= 0.3 is 5.30 Å². The molecule has 0 unspecified atom stereocenters. The van der Waals surface area contributed by atoms with Gasteiger partial charge in [-0.2, -0.15) is 0 Å². The molecule has 0 rings (SSSR count). The Labute approximate surface area is 91.8 Å². The highest BCUT2D eigenvalue weighted by molar-refractivity contribution is 8.14. The van der Waals surface area contributed by atoms with Gasteiger partial charge in [0.1, 0.15) is 5.60 Å². The lowest BCUT2D eigenvalue weighted by atomic mass is 10.1. The number of ether oxygens (including phenoxy) is 1. The topological polar surface area (TPSA) is 26.3 Å². The summed E-state index contributed by atoms with van der Waals surface area (Å²) in [5.41, 5.74) is -0.339. The van der Waals surface area contributed by atoms with E-state index in [4.69, 9.17) is 4.74 Å². The highest BCUT2D eigenvalue weighted by Gasteiger charge is 2.26. The molecule has 0 aliphatic heterocycles. The second-order valence-corrected chi connectivity index (χ2v) is 6.32. The molecular weight excluding hydrogens is 196 g/mol. The molecule has 0 saturated carbocycles. The third-order valence-corrected chi connectivity index (χ3v) is 3.51. The molecule has 0 bridgehead atoms. The first-order chi connectivity index (χ1) is 6.22. The van der Waals surface area contributed by atoms with Gasteiger partial charge in [-0.15, -0.1) is 0 Å². The Bertz CT molecular complexity index is 177. The molecule has 0 aliphatic carbocycles. The summed E-state index contributed by atoms with van der Waals surface area (Å²) in [7, 11) is 0. The van der Waals surface area contributed by atoms with Crippen molar-refractivity contribution < 1.29 is 9.53 Å². The van der Waals surface area contributed by atoms with Crippen molar-refractivity contribution in [2.24, 2.45) is 0 Å². The zero-order chi connectivity index (χ0) is 11.4. The molecule has 0 aliphatic rings. The van der Waals surface area contributed by atoms with E-state index >= 15 is 0 Å². The lowest BCUT2D eigenvalue weighted by Gasteiger charge is -2.26. The maximum atomic E-state index is 11.5. The summed E-state index contributed by atoms with van der Waals surface area (Å²) < 4.78 is 5.32. The minimum atomic E-state index is -0.339. The van der Waals surface area contributed by atoms with E-state index in [-0.39, 0.29) is 15.6 Å². The van der Waals surface area contributed by atoms with Gasteiger partial charge < -0.3 is 4.74 Å². The highest BCUT2D eigenvalue weighted by Crippen LogP contribution is 2.31. The molecule has 0 N–H and O–H groups in total. The predicted octanol–water partition coefficient (Wildman–Crippen LogP) is 4.23. The molecule has 0 radical (unpaired) electrons. The third kappa shape index (κ3) is 5.53. The van der Waals surface area contributed by atoms with E-state index in [9.17, 15) is 4.79 Å². The van der Waals surface area contributed by atoms with Gasteiger partial charge in [-0.05, 0) is 38.5 Å². The Morgan fingerprint density at radius 3 is 2.00 bits per heavy atom. The maximum Gasteiger partial charge on any atom is 0.368 e. The van der Waals surface area contributed by atoms with Crippen LogP contribution in [0.15, 0.2) is 0 Å². The van der Waals surface area contributed by atoms with E-state index in [1.165, 1.54) is 11.8 Å². The van der Waals surface area contributed by atoms with E-state index in [1.807, 2.05) is 20.8 Å². The molecule has 0 heterocycles. The van der Waals surface area contributed by atoms with E-state index in [0.717, 1.165) is 12.8 Å². The molecule has 84 valence electrons. The van der Waals surface area contributed by atoms with Crippen molar-refractivity contribution in [1.29, 1.82) is 0 Å². The Balaban J connectivity index is 4.12. The molecule has 0 amide bonds. The zero-order valence-corrected chi connectivity index (χ0v) is 11.0. The first-order valence-corrected chi connectivity index (χ1v) is 5.96. The summed E-state index contributed by atoms with van der Waals surface area (Å²) in [6.45, 7) is 12.1. The zero-order valence-electron chi connectivity index (χ0n) is 10.1. The van der Waals surface area contributed by atoms with E-state index in [1.54, 1.807) is 0 Å². The van der Waals surface area contributed by atoms with Crippen molar-refractivity contribution in [3.63, 3.8) is 0 Å². The lowest BCUT2D eigenvalue weighted by molar-refractivity contribution is 0.0554. The van der Waals surface area contributed by atoms with Crippen LogP contribution in [0.25, 0.3) is 0 Å². The maximum absolute atomic E-state index is 11.5. The van der Waals surface area contributed by atoms with E-state index in [2.05, 4.69) is 20.8 Å². The normalized spacial score (nSPS) is 12.7. The van der Waals surface area contributed by atoms with Crippen LogP contribution in [0.2, 0.25) is 0 Å². The predicted molar refractivity (Wildman–Crippen MR) is 62.8 cm³/mol. The molecule has 0 aromatic heterocycles. The monoisotopic (exact) mass is 218 g/mol. The largest absolute Gasteiger partial charge is 0.452 e. The van der Waals surface area contributed by atoms with Gasteiger partial charge in [0.05, 0.1) is 0 Å². The molecule has 0 saturated heterocycles. The first kappa shape index (κ1) is 13.8. The van der Waals surface area contributed by atoms with Gasteiger partial charge in [0.15, 0.2) is 0 Å². The lowest BCUT2D eigenvalue weighted by Crippen LogP contribution is -2.27. The Kier molecular flexibility index (Phi) is 4.99. The van der Waals surface area contributed by atoms with Gasteiger partial charge in [-0.1, -0.05) is 27.7 Å². The fraction of sp³-hybridized carbons (Fsp3) is 0.909. The smallest absolute Gasteiger partial charge is 0.368 e. The number of hydrogen-bond donors (Lipinski definition) is 0. The van der Waals surface area contributed by atoms with Crippen LogP contribution in [0.4, 0.5) is 4.79 Å². The van der Waals surface area contributed by atoms with Crippen LogP contribution in [0.3, 0.4) is 0 Å². The van der Waals surface area contributed by atoms with Crippen LogP contribution in [0.1, 0.15) is 54.4 Å². The van der Waals surface area contributed by atoms with Crippen molar-refractivity contribution in [2.45, 2.75) is 64.7 Å². The number of rotatable bonds is 4. The molecule has 0 fully saturated rings. The summed E-state index contributed by atoms with van der Waals surface area (Å²) in [6.07, 6.45) is 1.80. The van der Waals surface area contributed by atoms with Crippen LogP contribution in [0.5, 0.6) is 0 Å². The molecule has 0 atom stereocenters. The van der Waals surface area contributed by atoms with E-state index < -0.39 is 0 Å². The SMILES string of the molecule is CCC(C)(C)OC(=O)SC(C)(C)CC. The molecule has 0 aromatic carbocycles.